The zero-order chi connectivity index (χ0) is 20.3. The second-order valence-corrected chi connectivity index (χ2v) is 7.03. The van der Waals surface area contributed by atoms with Crippen LogP contribution in [0.2, 0.25) is 0 Å². The quantitative estimate of drug-likeness (QED) is 0.772. The molecule has 6 nitrogen and oxygen atoms in total. The van der Waals surface area contributed by atoms with Crippen LogP contribution in [-0.2, 0) is 14.3 Å². The molecule has 0 fully saturated rings. The molecule has 0 amide bonds. The Morgan fingerprint density at radius 2 is 2.04 bits per heavy atom. The molecule has 0 saturated carbocycles. The minimum Gasteiger partial charge on any atom is -0.497 e. The Labute approximate surface area is 167 Å². The number of thiophene rings is 1. The molecule has 0 radical (unpaired) electrons. The monoisotopic (exact) mass is 396 g/mol. The van der Waals surface area contributed by atoms with Gasteiger partial charge in [-0.3, -0.25) is 0 Å². The van der Waals surface area contributed by atoms with Gasteiger partial charge in [0.1, 0.15) is 23.2 Å². The van der Waals surface area contributed by atoms with Crippen molar-refractivity contribution in [2.24, 2.45) is 5.73 Å². The molecule has 28 heavy (non-hydrogen) atoms. The van der Waals surface area contributed by atoms with Crippen molar-refractivity contribution in [3.8, 4) is 11.8 Å². The minimum atomic E-state index is -0.644. The predicted molar refractivity (Wildman–Crippen MR) is 106 cm³/mol. The van der Waals surface area contributed by atoms with Crippen LogP contribution in [0.3, 0.4) is 0 Å². The fourth-order valence-electron chi connectivity index (χ4n) is 3.08. The number of nitrogens with zero attached hydrogens (tertiary/aromatic N) is 1. The lowest BCUT2D eigenvalue weighted by Crippen LogP contribution is -2.25. The summed E-state index contributed by atoms with van der Waals surface area (Å²) in [5.41, 5.74) is 8.16. The van der Waals surface area contributed by atoms with E-state index in [4.69, 9.17) is 19.9 Å². The van der Waals surface area contributed by atoms with E-state index in [1.165, 1.54) is 11.3 Å². The fourth-order valence-corrected chi connectivity index (χ4v) is 4.12. The van der Waals surface area contributed by atoms with Crippen LogP contribution in [0.25, 0.3) is 5.76 Å². The van der Waals surface area contributed by atoms with Gasteiger partial charge in [-0.25, -0.2) is 4.79 Å². The smallest absolute Gasteiger partial charge is 0.338 e. The molecule has 7 heteroatoms. The number of hydrogen-bond acceptors (Lipinski definition) is 7. The van der Waals surface area contributed by atoms with Crippen LogP contribution in [0, 0.1) is 18.3 Å². The fraction of sp³-hybridized carbons (Fsp3) is 0.238. The Balaban J connectivity index is 2.25. The molecular formula is C21H20N2O4S. The lowest BCUT2D eigenvalue weighted by atomic mass is 9.85. The van der Waals surface area contributed by atoms with Crippen molar-refractivity contribution in [3.63, 3.8) is 0 Å². The standard InChI is InChI=1S/C21H20N2O4S/c1-4-26-21(24)17-16(19-12(2)9-10-28-19)15(11-22)20(23)27-18(17)13-5-7-14(25-3)8-6-13/h5-10,16H,4,23H2,1-3H3. The van der Waals surface area contributed by atoms with E-state index in [1.54, 1.807) is 38.3 Å². The number of nitriles is 1. The first-order valence-electron chi connectivity index (χ1n) is 8.69. The molecule has 0 bridgehead atoms. The van der Waals surface area contributed by atoms with E-state index in [-0.39, 0.29) is 29.4 Å². The Morgan fingerprint density at radius 1 is 1.32 bits per heavy atom. The summed E-state index contributed by atoms with van der Waals surface area (Å²) in [6.45, 7) is 3.87. The highest BCUT2D eigenvalue weighted by Crippen LogP contribution is 2.45. The predicted octanol–water partition coefficient (Wildman–Crippen LogP) is 3.85. The largest absolute Gasteiger partial charge is 0.497 e. The van der Waals surface area contributed by atoms with E-state index in [0.717, 1.165) is 10.4 Å². The van der Waals surface area contributed by atoms with E-state index in [2.05, 4.69) is 6.07 Å². The maximum absolute atomic E-state index is 12.9. The molecule has 0 spiro atoms. The lowest BCUT2D eigenvalue weighted by Gasteiger charge is -2.28. The number of esters is 1. The van der Waals surface area contributed by atoms with Crippen LogP contribution < -0.4 is 10.5 Å². The first kappa shape index (κ1) is 19.5. The zero-order valence-electron chi connectivity index (χ0n) is 15.8. The molecule has 144 valence electrons. The van der Waals surface area contributed by atoms with E-state index >= 15 is 0 Å². The molecule has 1 atom stereocenters. The van der Waals surface area contributed by atoms with Gasteiger partial charge >= 0.3 is 5.97 Å². The number of ether oxygens (including phenoxy) is 3. The van der Waals surface area contributed by atoms with Crippen LogP contribution in [0.5, 0.6) is 5.75 Å². The van der Waals surface area contributed by atoms with Gasteiger partial charge < -0.3 is 19.9 Å². The summed E-state index contributed by atoms with van der Waals surface area (Å²) in [6, 6.07) is 11.1. The first-order chi connectivity index (χ1) is 13.5. The molecule has 2 N–H and O–H groups in total. The van der Waals surface area contributed by atoms with Gasteiger partial charge in [0, 0.05) is 10.4 Å². The molecule has 1 aliphatic heterocycles. The number of rotatable bonds is 5. The molecule has 1 aromatic carbocycles. The second kappa shape index (κ2) is 8.19. The van der Waals surface area contributed by atoms with E-state index < -0.39 is 11.9 Å². The topological polar surface area (TPSA) is 94.6 Å². The number of carbonyl (C=O) groups is 1. The molecule has 0 aliphatic carbocycles. The molecular weight excluding hydrogens is 376 g/mol. The zero-order valence-corrected chi connectivity index (χ0v) is 16.6. The number of aryl methyl sites for hydroxylation is 1. The molecule has 1 aliphatic rings. The van der Waals surface area contributed by atoms with Crippen LogP contribution >= 0.6 is 11.3 Å². The summed E-state index contributed by atoms with van der Waals surface area (Å²) in [5, 5.41) is 11.6. The third-order valence-corrected chi connectivity index (χ3v) is 5.52. The summed E-state index contributed by atoms with van der Waals surface area (Å²) in [6.07, 6.45) is 0. The number of allylic oxidation sites excluding steroid dienone is 1. The third-order valence-electron chi connectivity index (χ3n) is 4.43. The Bertz CT molecular complexity index is 996. The maximum Gasteiger partial charge on any atom is 0.338 e. The number of carbonyl (C=O) groups excluding carboxylic acids is 1. The van der Waals surface area contributed by atoms with Gasteiger partial charge in [-0.15, -0.1) is 11.3 Å². The molecule has 2 aromatic rings. The molecule has 3 rings (SSSR count). The maximum atomic E-state index is 12.9. The number of methoxy groups -OCH3 is 1. The Hall–Kier alpha value is -3.24. The van der Waals surface area contributed by atoms with Crippen molar-refractivity contribution >= 4 is 23.1 Å². The van der Waals surface area contributed by atoms with Crippen molar-refractivity contribution in [1.29, 1.82) is 5.26 Å². The van der Waals surface area contributed by atoms with E-state index in [9.17, 15) is 10.1 Å². The summed E-state index contributed by atoms with van der Waals surface area (Å²) < 4.78 is 16.3. The molecule has 1 aromatic heterocycles. The van der Waals surface area contributed by atoms with E-state index in [0.29, 0.717) is 11.3 Å². The number of nitrogens with two attached hydrogens (primary N) is 1. The Kier molecular flexibility index (Phi) is 5.71. The summed E-state index contributed by atoms with van der Waals surface area (Å²) in [4.78, 5) is 13.8. The highest BCUT2D eigenvalue weighted by Gasteiger charge is 2.39. The van der Waals surface area contributed by atoms with Gasteiger partial charge in [-0.05, 0) is 55.1 Å². The third kappa shape index (κ3) is 3.47. The van der Waals surface area contributed by atoms with Crippen LogP contribution in [-0.4, -0.2) is 19.7 Å². The average molecular weight is 396 g/mol. The van der Waals surface area contributed by atoms with Crippen LogP contribution in [0.15, 0.2) is 52.7 Å². The van der Waals surface area contributed by atoms with Gasteiger partial charge in [0.25, 0.3) is 0 Å². The summed E-state index contributed by atoms with van der Waals surface area (Å²) in [7, 11) is 1.57. The second-order valence-electron chi connectivity index (χ2n) is 6.08. The van der Waals surface area contributed by atoms with Gasteiger partial charge in [0.15, 0.2) is 0 Å². The minimum absolute atomic E-state index is 0.0147. The molecule has 2 heterocycles. The molecule has 0 saturated heterocycles. The van der Waals surface area contributed by atoms with Crippen molar-refractivity contribution < 1.29 is 19.0 Å². The SMILES string of the molecule is CCOC(=O)C1=C(c2ccc(OC)cc2)OC(N)=C(C#N)C1c1sccc1C. The van der Waals surface area contributed by atoms with Crippen molar-refractivity contribution in [2.45, 2.75) is 19.8 Å². The van der Waals surface area contributed by atoms with Gasteiger partial charge in [-0.2, -0.15) is 5.26 Å². The van der Waals surface area contributed by atoms with Gasteiger partial charge in [0.2, 0.25) is 5.88 Å². The normalized spacial score (nSPS) is 16.4. The highest BCUT2D eigenvalue weighted by atomic mass is 32.1. The number of benzene rings is 1. The summed E-state index contributed by atoms with van der Waals surface area (Å²) >= 11 is 1.46. The van der Waals surface area contributed by atoms with Crippen LogP contribution in [0.1, 0.15) is 28.8 Å². The van der Waals surface area contributed by atoms with Crippen molar-refractivity contribution in [1.82, 2.24) is 0 Å². The number of hydrogen-bond donors (Lipinski definition) is 1. The van der Waals surface area contributed by atoms with Crippen molar-refractivity contribution in [2.75, 3.05) is 13.7 Å². The van der Waals surface area contributed by atoms with Gasteiger partial charge in [-0.1, -0.05) is 0 Å². The highest BCUT2D eigenvalue weighted by molar-refractivity contribution is 7.10. The molecule has 1 unspecified atom stereocenters. The van der Waals surface area contributed by atoms with Crippen LogP contribution in [0.4, 0.5) is 0 Å². The summed E-state index contributed by atoms with van der Waals surface area (Å²) in [5.74, 6) is -0.236. The van der Waals surface area contributed by atoms with Crippen molar-refractivity contribution in [3.05, 3.63) is 68.7 Å². The first-order valence-corrected chi connectivity index (χ1v) is 9.57. The Morgan fingerprint density at radius 3 is 2.57 bits per heavy atom. The van der Waals surface area contributed by atoms with E-state index in [1.807, 2.05) is 18.4 Å². The van der Waals surface area contributed by atoms with Gasteiger partial charge in [0.05, 0.1) is 25.2 Å². The lowest BCUT2D eigenvalue weighted by molar-refractivity contribution is -0.138. The average Bonchev–Trinajstić information content (AvgIpc) is 3.12.